The highest BCUT2D eigenvalue weighted by Gasteiger charge is 2.22. The van der Waals surface area contributed by atoms with Gasteiger partial charge in [-0.15, -0.1) is 6.58 Å². The Hall–Kier alpha value is -0.520. The van der Waals surface area contributed by atoms with Gasteiger partial charge in [-0.05, 0) is 38.0 Å². The van der Waals surface area contributed by atoms with Gasteiger partial charge >= 0.3 is 0 Å². The van der Waals surface area contributed by atoms with Gasteiger partial charge in [0.15, 0.2) is 0 Å². The molecule has 0 amide bonds. The van der Waals surface area contributed by atoms with Crippen LogP contribution in [-0.4, -0.2) is 0 Å². The zero-order chi connectivity index (χ0) is 12.3. The third kappa shape index (κ3) is 8.24. The van der Waals surface area contributed by atoms with Gasteiger partial charge in [0, 0.05) is 0 Å². The lowest BCUT2D eigenvalue weighted by Crippen LogP contribution is -1.81. The van der Waals surface area contributed by atoms with E-state index in [4.69, 9.17) is 0 Å². The summed E-state index contributed by atoms with van der Waals surface area (Å²) in [5.74, 6) is 0.922. The van der Waals surface area contributed by atoms with Crippen molar-refractivity contribution < 1.29 is 0 Å². The van der Waals surface area contributed by atoms with Crippen molar-refractivity contribution in [1.29, 1.82) is 0 Å². The lowest BCUT2D eigenvalue weighted by atomic mass is 10.1. The van der Waals surface area contributed by atoms with Gasteiger partial charge in [-0.2, -0.15) is 0 Å². The highest BCUT2D eigenvalue weighted by Crippen LogP contribution is 2.37. The quantitative estimate of drug-likeness (QED) is 0.302. The first-order valence-electron chi connectivity index (χ1n) is 7.64. The van der Waals surface area contributed by atoms with Gasteiger partial charge in [-0.25, -0.2) is 0 Å². The molecule has 1 fully saturated rings. The predicted molar refractivity (Wildman–Crippen MR) is 78.2 cm³/mol. The second kappa shape index (κ2) is 9.50. The van der Waals surface area contributed by atoms with E-state index in [-0.39, 0.29) is 0 Å². The largest absolute Gasteiger partial charge is 0.103 e. The Labute approximate surface area is 108 Å². The molecule has 0 heterocycles. The lowest BCUT2D eigenvalue weighted by molar-refractivity contribution is 0.571. The van der Waals surface area contributed by atoms with Crippen molar-refractivity contribution in [1.82, 2.24) is 0 Å². The molecule has 17 heavy (non-hydrogen) atoms. The molecule has 0 bridgehead atoms. The summed E-state index contributed by atoms with van der Waals surface area (Å²) in [5, 5.41) is 0. The van der Waals surface area contributed by atoms with E-state index in [1.165, 1.54) is 70.6 Å². The predicted octanol–water partition coefficient (Wildman–Crippen LogP) is 6.04. The molecule has 0 radical (unpaired) electrons. The summed E-state index contributed by atoms with van der Waals surface area (Å²) in [6.45, 7) is 6.08. The molecular weight excluding hydrogens is 204 g/mol. The lowest BCUT2D eigenvalue weighted by Gasteiger charge is -2.00. The Bertz CT molecular complexity index is 224. The average molecular weight is 234 g/mol. The molecule has 0 aromatic rings. The van der Waals surface area contributed by atoms with Crippen molar-refractivity contribution >= 4 is 0 Å². The molecule has 0 heteroatoms. The Kier molecular flexibility index (Phi) is 8.13. The van der Waals surface area contributed by atoms with Crippen LogP contribution in [0.15, 0.2) is 24.3 Å². The van der Waals surface area contributed by atoms with E-state index in [1.54, 1.807) is 5.57 Å². The van der Waals surface area contributed by atoms with Crippen LogP contribution in [0.2, 0.25) is 0 Å². The van der Waals surface area contributed by atoms with Crippen LogP contribution in [-0.2, 0) is 0 Å². The van der Waals surface area contributed by atoms with Gasteiger partial charge in [0.2, 0.25) is 0 Å². The summed E-state index contributed by atoms with van der Waals surface area (Å²) in [5.41, 5.74) is 1.72. The molecule has 98 valence electrons. The second-order valence-electron chi connectivity index (χ2n) is 5.58. The average Bonchev–Trinajstić information content (AvgIpc) is 3.02. The maximum absolute atomic E-state index is 3.75. The molecule has 0 nitrogen and oxygen atoms in total. The Morgan fingerprint density at radius 1 is 0.941 bits per heavy atom. The normalized spacial score (nSPS) is 20.8. The molecule has 1 aliphatic rings. The van der Waals surface area contributed by atoms with E-state index >= 15 is 0 Å². The maximum atomic E-state index is 3.75. The first kappa shape index (κ1) is 14.5. The van der Waals surface area contributed by atoms with Crippen molar-refractivity contribution in [2.24, 2.45) is 5.92 Å². The van der Waals surface area contributed by atoms with Gasteiger partial charge in [0.05, 0.1) is 0 Å². The Morgan fingerprint density at radius 3 is 1.88 bits per heavy atom. The molecule has 1 aliphatic carbocycles. The third-order valence-corrected chi connectivity index (χ3v) is 3.78. The molecule has 1 saturated carbocycles. The molecular formula is C17H30. The number of unbranched alkanes of at least 4 members (excludes halogenated alkanes) is 9. The molecule has 0 saturated heterocycles. The first-order chi connectivity index (χ1) is 8.34. The summed E-state index contributed by atoms with van der Waals surface area (Å²) in [6, 6.07) is 0. The maximum Gasteiger partial charge on any atom is -0.0194 e. The monoisotopic (exact) mass is 234 g/mol. The van der Waals surface area contributed by atoms with Crippen molar-refractivity contribution in [2.75, 3.05) is 0 Å². The van der Waals surface area contributed by atoms with E-state index in [1.807, 2.05) is 6.08 Å². The fourth-order valence-electron chi connectivity index (χ4n) is 2.36. The van der Waals surface area contributed by atoms with Crippen LogP contribution in [0.3, 0.4) is 0 Å². The van der Waals surface area contributed by atoms with Crippen LogP contribution in [0.1, 0.15) is 77.6 Å². The standard InChI is InChI=1S/C17H30/c1-3-4-5-6-7-8-9-10-11-12-13-14-17-15-16(17)2/h3,14,16H,1,4-13,15H2,2H3. The van der Waals surface area contributed by atoms with Gasteiger partial charge < -0.3 is 0 Å². The number of hydrogen-bond donors (Lipinski definition) is 0. The minimum atomic E-state index is 0.922. The summed E-state index contributed by atoms with van der Waals surface area (Å²) in [4.78, 5) is 0. The van der Waals surface area contributed by atoms with Crippen molar-refractivity contribution in [3.63, 3.8) is 0 Å². The van der Waals surface area contributed by atoms with Crippen LogP contribution in [0.25, 0.3) is 0 Å². The summed E-state index contributed by atoms with van der Waals surface area (Å²) in [7, 11) is 0. The summed E-state index contributed by atoms with van der Waals surface area (Å²) < 4.78 is 0. The van der Waals surface area contributed by atoms with Crippen LogP contribution in [0.4, 0.5) is 0 Å². The third-order valence-electron chi connectivity index (χ3n) is 3.78. The van der Waals surface area contributed by atoms with Gasteiger partial charge in [0.1, 0.15) is 0 Å². The zero-order valence-corrected chi connectivity index (χ0v) is 11.7. The highest BCUT2D eigenvalue weighted by molar-refractivity contribution is 5.21. The summed E-state index contributed by atoms with van der Waals surface area (Å²) >= 11 is 0. The molecule has 0 aromatic heterocycles. The van der Waals surface area contributed by atoms with Crippen molar-refractivity contribution in [3.05, 3.63) is 24.3 Å². The van der Waals surface area contributed by atoms with E-state index in [0.717, 1.165) is 5.92 Å². The Balaban J connectivity index is 1.71. The van der Waals surface area contributed by atoms with Gasteiger partial charge in [-0.3, -0.25) is 0 Å². The fraction of sp³-hybridized carbons (Fsp3) is 0.765. The van der Waals surface area contributed by atoms with Crippen LogP contribution >= 0.6 is 0 Å². The van der Waals surface area contributed by atoms with E-state index < -0.39 is 0 Å². The molecule has 0 spiro atoms. The smallest absolute Gasteiger partial charge is 0.0194 e. The van der Waals surface area contributed by atoms with Crippen molar-refractivity contribution in [2.45, 2.75) is 77.6 Å². The minimum absolute atomic E-state index is 0.922. The molecule has 0 N–H and O–H groups in total. The van der Waals surface area contributed by atoms with Crippen LogP contribution in [0.5, 0.6) is 0 Å². The van der Waals surface area contributed by atoms with E-state index in [0.29, 0.717) is 0 Å². The topological polar surface area (TPSA) is 0 Å². The van der Waals surface area contributed by atoms with Crippen LogP contribution < -0.4 is 0 Å². The number of rotatable bonds is 11. The minimum Gasteiger partial charge on any atom is -0.103 e. The first-order valence-corrected chi connectivity index (χ1v) is 7.64. The highest BCUT2D eigenvalue weighted by atomic mass is 14.3. The van der Waals surface area contributed by atoms with Gasteiger partial charge in [0.25, 0.3) is 0 Å². The van der Waals surface area contributed by atoms with Crippen molar-refractivity contribution in [3.8, 4) is 0 Å². The number of allylic oxidation sites excluding steroid dienone is 3. The number of hydrogen-bond acceptors (Lipinski definition) is 0. The van der Waals surface area contributed by atoms with Gasteiger partial charge in [-0.1, -0.05) is 63.2 Å². The molecule has 1 rings (SSSR count). The molecule has 1 unspecified atom stereocenters. The Morgan fingerprint density at radius 2 is 1.41 bits per heavy atom. The second-order valence-corrected chi connectivity index (χ2v) is 5.58. The zero-order valence-electron chi connectivity index (χ0n) is 11.7. The molecule has 1 atom stereocenters. The molecule has 0 aliphatic heterocycles. The molecule has 0 aromatic carbocycles. The summed E-state index contributed by atoms with van der Waals surface area (Å²) in [6.07, 6.45) is 19.8. The van der Waals surface area contributed by atoms with Crippen LogP contribution in [0, 0.1) is 5.92 Å². The SMILES string of the molecule is C=CCCCCCCCCCCC=C1CC1C. The fourth-order valence-corrected chi connectivity index (χ4v) is 2.36. The van der Waals surface area contributed by atoms with E-state index in [9.17, 15) is 0 Å². The van der Waals surface area contributed by atoms with E-state index in [2.05, 4.69) is 19.6 Å².